The van der Waals surface area contributed by atoms with Crippen LogP contribution in [0.25, 0.3) is 10.8 Å². The minimum Gasteiger partial charge on any atom is -0.496 e. The number of methoxy groups -OCH3 is 1. The number of hydrazone groups is 1. The third kappa shape index (κ3) is 4.44. The second-order valence-corrected chi connectivity index (χ2v) is 5.97. The molecule has 5 nitrogen and oxygen atoms in total. The highest BCUT2D eigenvalue weighted by Gasteiger charge is 2.07. The van der Waals surface area contributed by atoms with Gasteiger partial charge in [-0.05, 0) is 47.5 Å². The van der Waals surface area contributed by atoms with Crippen LogP contribution in [0.1, 0.15) is 29.3 Å². The molecule has 0 aliphatic carbocycles. The first kappa shape index (κ1) is 18.5. The lowest BCUT2D eigenvalue weighted by molar-refractivity contribution is 0.0955. The van der Waals surface area contributed by atoms with E-state index in [-0.39, 0.29) is 5.91 Å². The van der Waals surface area contributed by atoms with Gasteiger partial charge in [0.05, 0.1) is 19.9 Å². The predicted octanol–water partition coefficient (Wildman–Crippen LogP) is 4.40. The van der Waals surface area contributed by atoms with E-state index in [2.05, 4.69) is 10.5 Å². The number of nitrogens with one attached hydrogen (secondary N) is 1. The van der Waals surface area contributed by atoms with Crippen molar-refractivity contribution in [1.82, 2.24) is 5.43 Å². The van der Waals surface area contributed by atoms with Crippen molar-refractivity contribution in [2.45, 2.75) is 13.3 Å². The zero-order valence-corrected chi connectivity index (χ0v) is 15.4. The zero-order valence-electron chi connectivity index (χ0n) is 15.4. The molecule has 138 valence electrons. The number of ether oxygens (including phenoxy) is 2. The lowest BCUT2D eigenvalue weighted by Crippen LogP contribution is -2.17. The normalized spacial score (nSPS) is 10.9. The van der Waals surface area contributed by atoms with Crippen LogP contribution >= 0.6 is 0 Å². The van der Waals surface area contributed by atoms with Gasteiger partial charge in [0.15, 0.2) is 0 Å². The number of hydrogen-bond acceptors (Lipinski definition) is 4. The molecule has 0 saturated heterocycles. The summed E-state index contributed by atoms with van der Waals surface area (Å²) in [6.07, 6.45) is 2.55. The number of rotatable bonds is 7. The standard InChI is InChI=1S/C22H22N2O3/c1-3-14-27-18-11-8-17(9-12-18)22(25)24-23-15-20-19-7-5-4-6-16(19)10-13-21(20)26-2/h4-13,15H,3,14H2,1-2H3,(H,24,25)/b23-15+. The van der Waals surface area contributed by atoms with Gasteiger partial charge < -0.3 is 9.47 Å². The Morgan fingerprint density at radius 1 is 1.07 bits per heavy atom. The fourth-order valence-corrected chi connectivity index (χ4v) is 2.73. The molecule has 0 aromatic heterocycles. The highest BCUT2D eigenvalue weighted by molar-refractivity contribution is 6.03. The van der Waals surface area contributed by atoms with Gasteiger partial charge in [-0.1, -0.05) is 37.3 Å². The van der Waals surface area contributed by atoms with Gasteiger partial charge in [-0.2, -0.15) is 5.10 Å². The molecule has 0 saturated carbocycles. The number of fused-ring (bicyclic) bond motifs is 1. The maximum Gasteiger partial charge on any atom is 0.271 e. The van der Waals surface area contributed by atoms with Gasteiger partial charge in [0.2, 0.25) is 0 Å². The second-order valence-electron chi connectivity index (χ2n) is 5.97. The minimum atomic E-state index is -0.285. The SMILES string of the molecule is CCCOc1ccc(C(=O)N/N=C/c2c(OC)ccc3ccccc23)cc1. The first-order valence-electron chi connectivity index (χ1n) is 8.85. The van der Waals surface area contributed by atoms with Crippen LogP contribution < -0.4 is 14.9 Å². The molecule has 0 bridgehead atoms. The summed E-state index contributed by atoms with van der Waals surface area (Å²) in [7, 11) is 1.61. The number of amides is 1. The largest absolute Gasteiger partial charge is 0.496 e. The van der Waals surface area contributed by atoms with E-state index in [1.807, 2.05) is 43.3 Å². The van der Waals surface area contributed by atoms with Crippen LogP contribution in [0.2, 0.25) is 0 Å². The minimum absolute atomic E-state index is 0.285. The van der Waals surface area contributed by atoms with E-state index in [9.17, 15) is 4.79 Å². The predicted molar refractivity (Wildman–Crippen MR) is 108 cm³/mol. The smallest absolute Gasteiger partial charge is 0.271 e. The first-order valence-corrected chi connectivity index (χ1v) is 8.85. The molecule has 1 amide bonds. The van der Waals surface area contributed by atoms with Crippen molar-refractivity contribution in [2.24, 2.45) is 5.10 Å². The van der Waals surface area contributed by atoms with Gasteiger partial charge in [0.1, 0.15) is 11.5 Å². The molecule has 0 radical (unpaired) electrons. The summed E-state index contributed by atoms with van der Waals surface area (Å²) in [5, 5.41) is 6.20. The van der Waals surface area contributed by atoms with E-state index in [1.54, 1.807) is 37.6 Å². The van der Waals surface area contributed by atoms with Gasteiger partial charge in [-0.25, -0.2) is 5.43 Å². The number of benzene rings is 3. The maximum absolute atomic E-state index is 12.3. The second kappa shape index (κ2) is 8.85. The summed E-state index contributed by atoms with van der Waals surface area (Å²) >= 11 is 0. The third-order valence-corrected chi connectivity index (χ3v) is 4.10. The Balaban J connectivity index is 1.73. The molecule has 0 fully saturated rings. The van der Waals surface area contributed by atoms with E-state index in [1.165, 1.54) is 0 Å². The van der Waals surface area contributed by atoms with Crippen molar-refractivity contribution < 1.29 is 14.3 Å². The van der Waals surface area contributed by atoms with Crippen molar-refractivity contribution in [1.29, 1.82) is 0 Å². The molecule has 0 aliphatic heterocycles. The Morgan fingerprint density at radius 2 is 1.85 bits per heavy atom. The van der Waals surface area contributed by atoms with E-state index >= 15 is 0 Å². The van der Waals surface area contributed by atoms with Crippen molar-refractivity contribution in [3.05, 3.63) is 71.8 Å². The summed E-state index contributed by atoms with van der Waals surface area (Å²) < 4.78 is 10.9. The van der Waals surface area contributed by atoms with Crippen LogP contribution in [0, 0.1) is 0 Å². The Hall–Kier alpha value is -3.34. The molecule has 3 aromatic rings. The fraction of sp³-hybridized carbons (Fsp3) is 0.182. The number of carbonyl (C=O) groups excluding carboxylic acids is 1. The molecule has 27 heavy (non-hydrogen) atoms. The summed E-state index contributed by atoms with van der Waals surface area (Å²) in [6.45, 7) is 2.70. The van der Waals surface area contributed by atoms with Crippen molar-refractivity contribution in [3.8, 4) is 11.5 Å². The highest BCUT2D eigenvalue weighted by atomic mass is 16.5. The number of nitrogens with zero attached hydrogens (tertiary/aromatic N) is 1. The van der Waals surface area contributed by atoms with Gasteiger partial charge >= 0.3 is 0 Å². The number of hydrogen-bond donors (Lipinski definition) is 1. The molecule has 1 N–H and O–H groups in total. The first-order chi connectivity index (χ1) is 13.2. The Kier molecular flexibility index (Phi) is 6.05. The highest BCUT2D eigenvalue weighted by Crippen LogP contribution is 2.26. The molecule has 3 rings (SSSR count). The third-order valence-electron chi connectivity index (χ3n) is 4.10. The molecule has 0 unspecified atom stereocenters. The molecule has 0 spiro atoms. The van der Waals surface area contributed by atoms with Crippen LogP contribution in [0.15, 0.2) is 65.8 Å². The lowest BCUT2D eigenvalue weighted by atomic mass is 10.0. The average molecular weight is 362 g/mol. The maximum atomic E-state index is 12.3. The van der Waals surface area contributed by atoms with Crippen LogP contribution in [-0.2, 0) is 0 Å². The molecule has 0 heterocycles. The quantitative estimate of drug-likeness (QED) is 0.500. The van der Waals surface area contributed by atoms with Gasteiger partial charge in [-0.15, -0.1) is 0 Å². The molecular formula is C22H22N2O3. The van der Waals surface area contributed by atoms with E-state index in [0.29, 0.717) is 17.9 Å². The summed E-state index contributed by atoms with van der Waals surface area (Å²) in [5.41, 5.74) is 3.89. The zero-order chi connectivity index (χ0) is 19.1. The van der Waals surface area contributed by atoms with Crippen molar-refractivity contribution in [2.75, 3.05) is 13.7 Å². The monoisotopic (exact) mass is 362 g/mol. The Labute approximate surface area is 158 Å². The molecular weight excluding hydrogens is 340 g/mol. The van der Waals surface area contributed by atoms with Gasteiger partial charge in [-0.3, -0.25) is 4.79 Å². The summed E-state index contributed by atoms with van der Waals surface area (Å²) in [6, 6.07) is 18.8. The molecule has 0 atom stereocenters. The van der Waals surface area contributed by atoms with Crippen LogP contribution in [0.5, 0.6) is 11.5 Å². The van der Waals surface area contributed by atoms with Crippen LogP contribution in [-0.4, -0.2) is 25.8 Å². The Bertz CT molecular complexity index is 949. The topological polar surface area (TPSA) is 59.9 Å². The van der Waals surface area contributed by atoms with Gasteiger partial charge in [0, 0.05) is 11.1 Å². The van der Waals surface area contributed by atoms with Crippen molar-refractivity contribution >= 4 is 22.9 Å². The average Bonchev–Trinajstić information content (AvgIpc) is 2.72. The molecule has 3 aromatic carbocycles. The van der Waals surface area contributed by atoms with Crippen LogP contribution in [0.3, 0.4) is 0 Å². The lowest BCUT2D eigenvalue weighted by Gasteiger charge is -2.08. The van der Waals surface area contributed by atoms with E-state index in [0.717, 1.165) is 28.5 Å². The van der Waals surface area contributed by atoms with E-state index < -0.39 is 0 Å². The van der Waals surface area contributed by atoms with Crippen molar-refractivity contribution in [3.63, 3.8) is 0 Å². The molecule has 5 heteroatoms. The summed E-state index contributed by atoms with van der Waals surface area (Å²) in [5.74, 6) is 1.16. The Morgan fingerprint density at radius 3 is 2.59 bits per heavy atom. The van der Waals surface area contributed by atoms with Crippen LogP contribution in [0.4, 0.5) is 0 Å². The van der Waals surface area contributed by atoms with E-state index in [4.69, 9.17) is 9.47 Å². The van der Waals surface area contributed by atoms with Gasteiger partial charge in [0.25, 0.3) is 5.91 Å². The fourth-order valence-electron chi connectivity index (χ4n) is 2.73. The summed E-state index contributed by atoms with van der Waals surface area (Å²) in [4.78, 5) is 12.3. The number of carbonyl (C=O) groups is 1. The molecule has 0 aliphatic rings.